The zero-order valence-corrected chi connectivity index (χ0v) is 13.6. The Morgan fingerprint density at radius 1 is 1.38 bits per heavy atom. The van der Waals surface area contributed by atoms with Gasteiger partial charge in [-0.25, -0.2) is 0 Å². The Kier molecular flexibility index (Phi) is 4.08. The van der Waals surface area contributed by atoms with Crippen LogP contribution < -0.4 is 5.32 Å². The molecule has 0 spiro atoms. The smallest absolute Gasteiger partial charge is 0.257 e. The van der Waals surface area contributed by atoms with Gasteiger partial charge in [0.05, 0.1) is 6.54 Å². The van der Waals surface area contributed by atoms with E-state index in [1.165, 1.54) is 5.56 Å². The Bertz CT molecular complexity index is 824. The number of benzene rings is 1. The lowest BCUT2D eigenvalue weighted by Crippen LogP contribution is -2.30. The van der Waals surface area contributed by atoms with Crippen molar-refractivity contribution < 1.29 is 4.52 Å². The summed E-state index contributed by atoms with van der Waals surface area (Å²) in [6.45, 7) is 4.55. The number of nitrogens with one attached hydrogen (secondary N) is 1. The Morgan fingerprint density at radius 3 is 3.25 bits per heavy atom. The molecular formula is C17H20N6O. The van der Waals surface area contributed by atoms with Crippen LogP contribution in [0.25, 0.3) is 11.5 Å². The van der Waals surface area contributed by atoms with Crippen LogP contribution in [0.5, 0.6) is 0 Å². The minimum Gasteiger partial charge on any atom is -0.334 e. The lowest BCUT2D eigenvalue weighted by molar-refractivity contribution is 0.344. The van der Waals surface area contributed by atoms with E-state index in [1.54, 1.807) is 0 Å². The predicted octanol–water partition coefficient (Wildman–Crippen LogP) is 1.99. The van der Waals surface area contributed by atoms with Gasteiger partial charge in [0.15, 0.2) is 5.82 Å². The van der Waals surface area contributed by atoms with Crippen LogP contribution in [0.1, 0.15) is 23.6 Å². The molecule has 24 heavy (non-hydrogen) atoms. The van der Waals surface area contributed by atoms with Crippen LogP contribution in [-0.4, -0.2) is 31.4 Å². The van der Waals surface area contributed by atoms with Gasteiger partial charge in [-0.2, -0.15) is 4.98 Å². The molecule has 3 aromatic rings. The first kappa shape index (κ1) is 15.0. The van der Waals surface area contributed by atoms with Crippen molar-refractivity contribution in [2.24, 2.45) is 5.92 Å². The van der Waals surface area contributed by atoms with Crippen molar-refractivity contribution >= 4 is 0 Å². The third-order valence-corrected chi connectivity index (χ3v) is 4.38. The minimum atomic E-state index is 0.572. The van der Waals surface area contributed by atoms with Crippen LogP contribution in [0.15, 0.2) is 35.1 Å². The van der Waals surface area contributed by atoms with Gasteiger partial charge in [-0.3, -0.25) is 0 Å². The summed E-state index contributed by atoms with van der Waals surface area (Å²) in [6.07, 6.45) is 3.94. The van der Waals surface area contributed by atoms with Crippen LogP contribution in [0.4, 0.5) is 0 Å². The van der Waals surface area contributed by atoms with E-state index in [0.717, 1.165) is 37.3 Å². The molecule has 0 fully saturated rings. The van der Waals surface area contributed by atoms with E-state index in [0.29, 0.717) is 24.2 Å². The summed E-state index contributed by atoms with van der Waals surface area (Å²) in [6, 6.07) is 8.07. The standard InChI is InChI=1S/C17H20N6O/c1-12-3-2-4-14(7-12)17-20-15(22-24-17)9-18-8-13-5-6-16-21-19-11-23(16)10-13/h2-4,7,11,13,18H,5-6,8-10H2,1H3/t13-/m0/s1. The summed E-state index contributed by atoms with van der Waals surface area (Å²) in [4.78, 5) is 4.47. The van der Waals surface area contributed by atoms with Gasteiger partial charge in [0.1, 0.15) is 12.2 Å². The Hall–Kier alpha value is -2.54. The van der Waals surface area contributed by atoms with Crippen LogP contribution in [0.2, 0.25) is 0 Å². The molecule has 0 saturated carbocycles. The Balaban J connectivity index is 1.31. The molecule has 4 rings (SSSR count). The summed E-state index contributed by atoms with van der Waals surface area (Å²) in [5.41, 5.74) is 2.14. The summed E-state index contributed by atoms with van der Waals surface area (Å²) >= 11 is 0. The van der Waals surface area contributed by atoms with Crippen LogP contribution in [0, 0.1) is 12.8 Å². The van der Waals surface area contributed by atoms with Crippen molar-refractivity contribution in [2.75, 3.05) is 6.54 Å². The molecule has 124 valence electrons. The molecule has 1 aliphatic heterocycles. The van der Waals surface area contributed by atoms with Crippen molar-refractivity contribution in [3.63, 3.8) is 0 Å². The average Bonchev–Trinajstić information content (AvgIpc) is 3.23. The third-order valence-electron chi connectivity index (χ3n) is 4.38. The van der Waals surface area contributed by atoms with Crippen molar-refractivity contribution in [3.05, 3.63) is 47.8 Å². The average molecular weight is 324 g/mol. The molecule has 1 aromatic carbocycles. The van der Waals surface area contributed by atoms with Gasteiger partial charge in [-0.15, -0.1) is 10.2 Å². The van der Waals surface area contributed by atoms with Crippen molar-refractivity contribution in [2.45, 2.75) is 32.9 Å². The number of aromatic nitrogens is 5. The van der Waals surface area contributed by atoms with Gasteiger partial charge in [0.25, 0.3) is 5.89 Å². The van der Waals surface area contributed by atoms with Gasteiger partial charge in [0.2, 0.25) is 0 Å². The lowest BCUT2D eigenvalue weighted by atomic mass is 9.99. The second-order valence-electron chi connectivity index (χ2n) is 6.32. The van der Waals surface area contributed by atoms with E-state index in [4.69, 9.17) is 4.52 Å². The molecule has 0 radical (unpaired) electrons. The van der Waals surface area contributed by atoms with Gasteiger partial charge in [0, 0.05) is 25.1 Å². The van der Waals surface area contributed by atoms with E-state index in [2.05, 4.69) is 30.2 Å². The number of nitrogens with zero attached hydrogens (tertiary/aromatic N) is 5. The fraction of sp³-hybridized carbons (Fsp3) is 0.412. The maximum Gasteiger partial charge on any atom is 0.257 e. The van der Waals surface area contributed by atoms with E-state index < -0.39 is 0 Å². The molecule has 2 aromatic heterocycles. The Morgan fingerprint density at radius 2 is 2.33 bits per heavy atom. The largest absolute Gasteiger partial charge is 0.334 e. The Labute approximate surface area is 140 Å². The maximum absolute atomic E-state index is 5.36. The first-order valence-electron chi connectivity index (χ1n) is 8.25. The number of fused-ring (bicyclic) bond motifs is 1. The predicted molar refractivity (Wildman–Crippen MR) is 88.0 cm³/mol. The first-order chi connectivity index (χ1) is 11.8. The molecule has 3 heterocycles. The van der Waals surface area contributed by atoms with Gasteiger partial charge in [-0.05, 0) is 31.4 Å². The molecule has 1 N–H and O–H groups in total. The lowest BCUT2D eigenvalue weighted by Gasteiger charge is -2.22. The highest BCUT2D eigenvalue weighted by atomic mass is 16.5. The van der Waals surface area contributed by atoms with Gasteiger partial charge >= 0.3 is 0 Å². The molecule has 1 atom stereocenters. The van der Waals surface area contributed by atoms with E-state index in [9.17, 15) is 0 Å². The molecule has 7 heteroatoms. The first-order valence-corrected chi connectivity index (χ1v) is 8.25. The van der Waals surface area contributed by atoms with E-state index in [-0.39, 0.29) is 0 Å². The monoisotopic (exact) mass is 324 g/mol. The second-order valence-corrected chi connectivity index (χ2v) is 6.32. The summed E-state index contributed by atoms with van der Waals surface area (Å²) in [5.74, 6) is 2.93. The van der Waals surface area contributed by atoms with E-state index in [1.807, 2.05) is 37.5 Å². The third kappa shape index (κ3) is 3.21. The number of rotatable bonds is 5. The highest BCUT2D eigenvalue weighted by Gasteiger charge is 2.19. The van der Waals surface area contributed by atoms with Crippen molar-refractivity contribution in [3.8, 4) is 11.5 Å². The number of aryl methyl sites for hydroxylation is 2. The number of hydrogen-bond donors (Lipinski definition) is 1. The summed E-state index contributed by atoms with van der Waals surface area (Å²) < 4.78 is 7.50. The number of hydrogen-bond acceptors (Lipinski definition) is 6. The topological polar surface area (TPSA) is 81.7 Å². The molecule has 0 saturated heterocycles. The second kappa shape index (κ2) is 6.52. The fourth-order valence-electron chi connectivity index (χ4n) is 3.10. The maximum atomic E-state index is 5.36. The highest BCUT2D eigenvalue weighted by molar-refractivity contribution is 5.53. The molecule has 0 amide bonds. The van der Waals surface area contributed by atoms with Crippen molar-refractivity contribution in [1.29, 1.82) is 0 Å². The highest BCUT2D eigenvalue weighted by Crippen LogP contribution is 2.19. The normalized spacial score (nSPS) is 17.0. The van der Waals surface area contributed by atoms with E-state index >= 15 is 0 Å². The van der Waals surface area contributed by atoms with Gasteiger partial charge < -0.3 is 14.4 Å². The van der Waals surface area contributed by atoms with Crippen molar-refractivity contribution in [1.82, 2.24) is 30.2 Å². The van der Waals surface area contributed by atoms with Gasteiger partial charge in [-0.1, -0.05) is 22.9 Å². The van der Waals surface area contributed by atoms with Crippen LogP contribution in [0.3, 0.4) is 0 Å². The molecule has 1 aliphatic rings. The quantitative estimate of drug-likeness (QED) is 0.773. The van der Waals surface area contributed by atoms with Crippen LogP contribution in [-0.2, 0) is 19.5 Å². The van der Waals surface area contributed by atoms with Crippen LogP contribution >= 0.6 is 0 Å². The SMILES string of the molecule is Cc1cccc(-c2nc(CNC[C@@H]3CCc4nncn4C3)no2)c1. The molecule has 7 nitrogen and oxygen atoms in total. The zero-order valence-electron chi connectivity index (χ0n) is 13.6. The summed E-state index contributed by atoms with van der Waals surface area (Å²) in [5, 5.41) is 15.6. The minimum absolute atomic E-state index is 0.572. The molecule has 0 bridgehead atoms. The fourth-order valence-corrected chi connectivity index (χ4v) is 3.10. The summed E-state index contributed by atoms with van der Waals surface area (Å²) in [7, 11) is 0. The zero-order chi connectivity index (χ0) is 16.4. The molecule has 0 unspecified atom stereocenters. The molecule has 0 aliphatic carbocycles. The molecular weight excluding hydrogens is 304 g/mol.